The highest BCUT2D eigenvalue weighted by molar-refractivity contribution is 6.62. The summed E-state index contributed by atoms with van der Waals surface area (Å²) in [6.07, 6.45) is 1.18. The third-order valence-corrected chi connectivity index (χ3v) is 6.18. The molecule has 160 valence electrons. The van der Waals surface area contributed by atoms with Crippen LogP contribution in [0.3, 0.4) is 0 Å². The van der Waals surface area contributed by atoms with Gasteiger partial charge in [0.1, 0.15) is 0 Å². The van der Waals surface area contributed by atoms with E-state index in [1.165, 1.54) is 11.1 Å². The van der Waals surface area contributed by atoms with Crippen LogP contribution in [0.2, 0.25) is 0 Å². The maximum atomic E-state index is 12.4. The molecule has 1 amide bonds. The molecule has 1 heterocycles. The highest BCUT2D eigenvalue weighted by Crippen LogP contribution is 2.36. The molecule has 1 fully saturated rings. The van der Waals surface area contributed by atoms with Gasteiger partial charge in [-0.15, -0.1) is 0 Å². The summed E-state index contributed by atoms with van der Waals surface area (Å²) >= 11 is 0. The second-order valence-electron chi connectivity index (χ2n) is 10.2. The van der Waals surface area contributed by atoms with Crippen LogP contribution in [0.5, 0.6) is 0 Å². The summed E-state index contributed by atoms with van der Waals surface area (Å²) in [6.45, 7) is 14.8. The molecule has 0 unspecified atom stereocenters. The Morgan fingerprint density at radius 2 is 1.43 bits per heavy atom. The van der Waals surface area contributed by atoms with Gasteiger partial charge < -0.3 is 14.6 Å². The van der Waals surface area contributed by atoms with Crippen molar-refractivity contribution in [2.24, 2.45) is 0 Å². The number of aryl methyl sites for hydroxylation is 1. The van der Waals surface area contributed by atoms with Crippen LogP contribution in [0.25, 0.3) is 0 Å². The largest absolute Gasteiger partial charge is 0.494 e. The molecule has 0 radical (unpaired) electrons. The lowest BCUT2D eigenvalue weighted by molar-refractivity contribution is -0.116. The molecule has 30 heavy (non-hydrogen) atoms. The number of nitrogens with one attached hydrogen (secondary N) is 1. The van der Waals surface area contributed by atoms with Crippen molar-refractivity contribution in [3.05, 3.63) is 59.7 Å². The van der Waals surface area contributed by atoms with Crippen molar-refractivity contribution in [1.29, 1.82) is 0 Å². The lowest BCUT2D eigenvalue weighted by atomic mass is 9.79. The fraction of sp³-hybridized carbons (Fsp3) is 0.480. The van der Waals surface area contributed by atoms with E-state index >= 15 is 0 Å². The molecule has 0 atom stereocenters. The standard InChI is InChI=1S/C25H34BNO3/c1-23(2,3)19-11-8-18(9-12-19)10-17-22(28)27-21-15-13-20(14-16-21)26-29-24(4,5)25(6,7)30-26/h8-9,11-16H,10,17H2,1-7H3,(H,27,28). The lowest BCUT2D eigenvalue weighted by Crippen LogP contribution is -2.41. The minimum Gasteiger partial charge on any atom is -0.399 e. The van der Waals surface area contributed by atoms with Gasteiger partial charge in [-0.1, -0.05) is 57.2 Å². The summed E-state index contributed by atoms with van der Waals surface area (Å²) in [6, 6.07) is 16.2. The minimum absolute atomic E-state index is 0.0123. The van der Waals surface area contributed by atoms with E-state index in [0.717, 1.165) is 17.6 Å². The van der Waals surface area contributed by atoms with Gasteiger partial charge in [-0.2, -0.15) is 0 Å². The van der Waals surface area contributed by atoms with Gasteiger partial charge in [-0.05, 0) is 68.3 Å². The van der Waals surface area contributed by atoms with Gasteiger partial charge in [0.05, 0.1) is 11.2 Å². The number of carbonyl (C=O) groups is 1. The molecule has 4 nitrogen and oxygen atoms in total. The monoisotopic (exact) mass is 407 g/mol. The first-order valence-electron chi connectivity index (χ1n) is 10.7. The molecule has 1 N–H and O–H groups in total. The first kappa shape index (κ1) is 22.6. The van der Waals surface area contributed by atoms with Crippen molar-refractivity contribution < 1.29 is 14.1 Å². The Labute approximate surface area is 181 Å². The molecule has 2 aromatic rings. The number of rotatable bonds is 5. The Bertz CT molecular complexity index is 864. The van der Waals surface area contributed by atoms with Crippen LogP contribution in [-0.2, 0) is 25.9 Å². The van der Waals surface area contributed by atoms with E-state index in [9.17, 15) is 4.79 Å². The summed E-state index contributed by atoms with van der Waals surface area (Å²) in [5.74, 6) is 0.0123. The number of hydrogen-bond acceptors (Lipinski definition) is 3. The third kappa shape index (κ3) is 5.14. The van der Waals surface area contributed by atoms with Gasteiger partial charge >= 0.3 is 7.12 Å². The molecule has 1 saturated heterocycles. The minimum atomic E-state index is -0.393. The molecule has 0 spiro atoms. The fourth-order valence-electron chi connectivity index (χ4n) is 3.36. The van der Waals surface area contributed by atoms with Crippen molar-refractivity contribution in [1.82, 2.24) is 0 Å². The van der Waals surface area contributed by atoms with Crippen molar-refractivity contribution in [2.45, 2.75) is 77.9 Å². The number of anilines is 1. The Balaban J connectivity index is 1.53. The highest BCUT2D eigenvalue weighted by atomic mass is 16.7. The second-order valence-corrected chi connectivity index (χ2v) is 10.2. The quantitative estimate of drug-likeness (QED) is 0.721. The van der Waals surface area contributed by atoms with Crippen LogP contribution in [0.15, 0.2) is 48.5 Å². The summed E-state index contributed by atoms with van der Waals surface area (Å²) in [4.78, 5) is 12.4. The highest BCUT2D eigenvalue weighted by Gasteiger charge is 2.51. The van der Waals surface area contributed by atoms with Gasteiger partial charge in [0.15, 0.2) is 0 Å². The van der Waals surface area contributed by atoms with Crippen molar-refractivity contribution in [2.75, 3.05) is 5.32 Å². The Morgan fingerprint density at radius 3 is 1.93 bits per heavy atom. The number of hydrogen-bond donors (Lipinski definition) is 1. The number of benzene rings is 2. The molecule has 2 aromatic carbocycles. The molecule has 1 aliphatic rings. The maximum Gasteiger partial charge on any atom is 0.494 e. The topological polar surface area (TPSA) is 47.6 Å². The first-order chi connectivity index (χ1) is 13.9. The molecular weight excluding hydrogens is 373 g/mol. The molecule has 5 heteroatoms. The zero-order chi connectivity index (χ0) is 22.2. The molecule has 0 aromatic heterocycles. The fourth-order valence-corrected chi connectivity index (χ4v) is 3.36. The second kappa shape index (κ2) is 8.20. The van der Waals surface area contributed by atoms with Crippen LogP contribution in [-0.4, -0.2) is 24.2 Å². The molecule has 1 aliphatic heterocycles. The summed E-state index contributed by atoms with van der Waals surface area (Å²) in [7, 11) is -0.393. The van der Waals surface area contributed by atoms with Crippen LogP contribution < -0.4 is 10.8 Å². The van der Waals surface area contributed by atoms with Crippen molar-refractivity contribution in [3.8, 4) is 0 Å². The normalized spacial score (nSPS) is 17.8. The third-order valence-electron chi connectivity index (χ3n) is 6.18. The van der Waals surface area contributed by atoms with Crippen molar-refractivity contribution in [3.63, 3.8) is 0 Å². The summed E-state index contributed by atoms with van der Waals surface area (Å²) in [5.41, 5.74) is 3.62. The predicted molar refractivity (Wildman–Crippen MR) is 124 cm³/mol. The van der Waals surface area contributed by atoms with Crippen LogP contribution in [0, 0.1) is 0 Å². The van der Waals surface area contributed by atoms with E-state index in [4.69, 9.17) is 9.31 Å². The smallest absolute Gasteiger partial charge is 0.399 e. The summed E-state index contributed by atoms with van der Waals surface area (Å²) in [5, 5.41) is 2.98. The SMILES string of the molecule is CC(C)(C)c1ccc(CCC(=O)Nc2ccc(B3OC(C)(C)C(C)(C)O3)cc2)cc1. The zero-order valence-electron chi connectivity index (χ0n) is 19.3. The van der Waals surface area contributed by atoms with Crippen molar-refractivity contribution >= 4 is 24.2 Å². The number of amides is 1. The Morgan fingerprint density at radius 1 is 0.900 bits per heavy atom. The maximum absolute atomic E-state index is 12.4. The molecule has 3 rings (SSSR count). The van der Waals surface area contributed by atoms with Crippen LogP contribution in [0.4, 0.5) is 5.69 Å². The average Bonchev–Trinajstić information content (AvgIpc) is 2.88. The first-order valence-corrected chi connectivity index (χ1v) is 10.7. The summed E-state index contributed by atoms with van der Waals surface area (Å²) < 4.78 is 12.2. The Hall–Kier alpha value is -2.11. The van der Waals surface area contributed by atoms with Gasteiger partial charge in [-0.25, -0.2) is 0 Å². The van der Waals surface area contributed by atoms with Gasteiger partial charge in [0, 0.05) is 12.1 Å². The van der Waals surface area contributed by atoms with Crippen LogP contribution in [0.1, 0.15) is 66.0 Å². The predicted octanol–water partition coefficient (Wildman–Crippen LogP) is 4.85. The molecule has 0 aliphatic carbocycles. The number of carbonyl (C=O) groups excluding carboxylic acids is 1. The average molecular weight is 407 g/mol. The molecular formula is C25H34BNO3. The van der Waals surface area contributed by atoms with Crippen LogP contribution >= 0.6 is 0 Å². The van der Waals surface area contributed by atoms with E-state index in [2.05, 4.69) is 50.4 Å². The molecule has 0 saturated carbocycles. The van der Waals surface area contributed by atoms with E-state index in [1.807, 2.05) is 52.0 Å². The zero-order valence-corrected chi connectivity index (χ0v) is 19.3. The van der Waals surface area contributed by atoms with E-state index in [-0.39, 0.29) is 22.5 Å². The van der Waals surface area contributed by atoms with E-state index in [1.54, 1.807) is 0 Å². The van der Waals surface area contributed by atoms with Gasteiger partial charge in [0.25, 0.3) is 0 Å². The van der Waals surface area contributed by atoms with Gasteiger partial charge in [-0.3, -0.25) is 4.79 Å². The van der Waals surface area contributed by atoms with E-state index in [0.29, 0.717) is 6.42 Å². The van der Waals surface area contributed by atoms with Gasteiger partial charge in [0.2, 0.25) is 5.91 Å². The molecule has 0 bridgehead atoms. The van der Waals surface area contributed by atoms with E-state index < -0.39 is 7.12 Å². The Kier molecular flexibility index (Phi) is 6.17. The lowest BCUT2D eigenvalue weighted by Gasteiger charge is -2.32.